The summed E-state index contributed by atoms with van der Waals surface area (Å²) in [5.41, 5.74) is 3.21. The van der Waals surface area contributed by atoms with Crippen molar-refractivity contribution in [1.29, 1.82) is 0 Å². The maximum absolute atomic E-state index is 11.8. The van der Waals surface area contributed by atoms with Gasteiger partial charge in [-0.2, -0.15) is 0 Å². The molecular weight excluding hydrogens is 342 g/mol. The molecule has 0 unspecified atom stereocenters. The van der Waals surface area contributed by atoms with Gasteiger partial charge in [0.05, 0.1) is 14.2 Å². The van der Waals surface area contributed by atoms with Gasteiger partial charge in [-0.15, -0.1) is 0 Å². The third kappa shape index (κ3) is 4.82. The number of aromatic hydroxyl groups is 1. The van der Waals surface area contributed by atoms with Gasteiger partial charge < -0.3 is 19.9 Å². The first-order valence-electron chi connectivity index (χ1n) is 8.90. The lowest BCUT2D eigenvalue weighted by atomic mass is 9.94. The average molecular weight is 369 g/mol. The number of benzene rings is 2. The van der Waals surface area contributed by atoms with Crippen LogP contribution in [0.1, 0.15) is 36.5 Å². The minimum Gasteiger partial charge on any atom is -0.507 e. The lowest BCUT2D eigenvalue weighted by Crippen LogP contribution is -2.11. The number of carbonyl (C=O) groups is 1. The second-order valence-corrected chi connectivity index (χ2v) is 6.57. The number of phenolic OH excluding ortho intramolecular Hbond substituents is 1. The lowest BCUT2D eigenvalue weighted by molar-refractivity contribution is -0.111. The topological polar surface area (TPSA) is 67.8 Å². The molecule has 0 bridgehead atoms. The van der Waals surface area contributed by atoms with E-state index in [0.717, 1.165) is 11.1 Å². The van der Waals surface area contributed by atoms with Crippen molar-refractivity contribution in [3.63, 3.8) is 0 Å². The van der Waals surface area contributed by atoms with Crippen LogP contribution in [0.5, 0.6) is 17.2 Å². The smallest absolute Gasteiger partial charge is 0.247 e. The quantitative estimate of drug-likeness (QED) is 0.675. The lowest BCUT2D eigenvalue weighted by Gasteiger charge is -2.17. The van der Waals surface area contributed by atoms with Crippen LogP contribution in [0.4, 0.5) is 5.69 Å². The Kier molecular flexibility index (Phi) is 6.88. The number of aryl methyl sites for hydroxylation is 1. The molecule has 2 N–H and O–H groups in total. The van der Waals surface area contributed by atoms with Crippen molar-refractivity contribution in [3.05, 3.63) is 59.7 Å². The Labute approximate surface area is 160 Å². The molecule has 0 spiro atoms. The van der Waals surface area contributed by atoms with E-state index in [4.69, 9.17) is 9.47 Å². The van der Waals surface area contributed by atoms with Gasteiger partial charge in [0.25, 0.3) is 0 Å². The fraction of sp³-hybridized carbons (Fsp3) is 0.318. The number of hydrogen-bond acceptors (Lipinski definition) is 4. The number of nitrogens with one attached hydrogen (secondary N) is 1. The van der Waals surface area contributed by atoms with E-state index in [1.807, 2.05) is 44.2 Å². The number of rotatable bonds is 8. The summed E-state index contributed by atoms with van der Waals surface area (Å²) < 4.78 is 10.6. The number of anilines is 1. The number of ether oxygens (including phenoxy) is 2. The van der Waals surface area contributed by atoms with Crippen molar-refractivity contribution in [3.8, 4) is 17.2 Å². The first-order valence-corrected chi connectivity index (χ1v) is 8.90. The van der Waals surface area contributed by atoms with Crippen LogP contribution in [0.25, 0.3) is 0 Å². The zero-order valence-electron chi connectivity index (χ0n) is 16.3. The molecule has 2 aromatic carbocycles. The minimum atomic E-state index is -0.306. The van der Waals surface area contributed by atoms with Crippen LogP contribution in [-0.4, -0.2) is 25.2 Å². The van der Waals surface area contributed by atoms with Crippen LogP contribution in [0.3, 0.4) is 0 Å². The van der Waals surface area contributed by atoms with Crippen LogP contribution in [0, 0.1) is 0 Å². The van der Waals surface area contributed by atoms with Gasteiger partial charge in [-0.1, -0.05) is 32.6 Å². The van der Waals surface area contributed by atoms with E-state index in [9.17, 15) is 9.90 Å². The molecule has 27 heavy (non-hydrogen) atoms. The molecule has 0 fully saturated rings. The summed E-state index contributed by atoms with van der Waals surface area (Å²) in [5, 5.41) is 13.5. The van der Waals surface area contributed by atoms with Gasteiger partial charge in [-0.05, 0) is 54.2 Å². The molecule has 0 aliphatic carbocycles. The summed E-state index contributed by atoms with van der Waals surface area (Å²) in [7, 11) is 3.20. The zero-order valence-corrected chi connectivity index (χ0v) is 16.3. The molecule has 144 valence electrons. The molecule has 0 aliphatic heterocycles. The normalized spacial score (nSPS) is 10.6. The van der Waals surface area contributed by atoms with E-state index < -0.39 is 0 Å². The fourth-order valence-electron chi connectivity index (χ4n) is 2.98. The predicted octanol–water partition coefficient (Wildman–Crippen LogP) is 4.44. The van der Waals surface area contributed by atoms with E-state index in [1.165, 1.54) is 6.08 Å². The summed E-state index contributed by atoms with van der Waals surface area (Å²) in [5.74, 6) is 1.43. The van der Waals surface area contributed by atoms with Gasteiger partial charge >= 0.3 is 0 Å². The molecule has 5 heteroatoms. The Morgan fingerprint density at radius 2 is 1.85 bits per heavy atom. The van der Waals surface area contributed by atoms with Gasteiger partial charge in [-0.3, -0.25) is 4.79 Å². The van der Waals surface area contributed by atoms with Crippen molar-refractivity contribution in [2.45, 2.75) is 32.6 Å². The Morgan fingerprint density at radius 3 is 2.44 bits per heavy atom. The molecular formula is C22H27NO4. The number of phenols is 1. The van der Waals surface area contributed by atoms with Gasteiger partial charge in [0.2, 0.25) is 5.91 Å². The summed E-state index contributed by atoms with van der Waals surface area (Å²) in [4.78, 5) is 11.8. The molecule has 0 aliphatic rings. The van der Waals surface area contributed by atoms with Crippen LogP contribution < -0.4 is 14.8 Å². The highest BCUT2D eigenvalue weighted by Crippen LogP contribution is 2.35. The van der Waals surface area contributed by atoms with Gasteiger partial charge in [0, 0.05) is 11.3 Å². The predicted molar refractivity (Wildman–Crippen MR) is 108 cm³/mol. The van der Waals surface area contributed by atoms with Crippen molar-refractivity contribution in [2.75, 3.05) is 19.5 Å². The van der Waals surface area contributed by atoms with Crippen LogP contribution in [0.15, 0.2) is 43.0 Å². The molecule has 0 saturated carbocycles. The molecule has 0 radical (unpaired) electrons. The van der Waals surface area contributed by atoms with Crippen molar-refractivity contribution in [2.24, 2.45) is 0 Å². The molecule has 0 saturated heterocycles. The average Bonchev–Trinajstić information content (AvgIpc) is 2.66. The standard InChI is InChI=1S/C22H27NO4/c1-6-21(24)23-18-11-10-16(14(2)3)22(25)17(18)9-7-15-8-12-19(26-4)20(13-15)27-5/h6,8,10-14,25H,1,7,9H2,2-5H3,(H,23,24). The van der Waals surface area contributed by atoms with E-state index in [1.54, 1.807) is 14.2 Å². The third-order valence-electron chi connectivity index (χ3n) is 4.49. The first kappa shape index (κ1) is 20.4. The molecule has 1 amide bonds. The highest BCUT2D eigenvalue weighted by atomic mass is 16.5. The summed E-state index contributed by atoms with van der Waals surface area (Å²) in [6.07, 6.45) is 2.45. The second kappa shape index (κ2) is 9.12. The zero-order chi connectivity index (χ0) is 20.0. The van der Waals surface area contributed by atoms with Crippen LogP contribution in [0.2, 0.25) is 0 Å². The van der Waals surface area contributed by atoms with Crippen molar-refractivity contribution >= 4 is 11.6 Å². The maximum atomic E-state index is 11.8. The van der Waals surface area contributed by atoms with Gasteiger partial charge in [0.1, 0.15) is 5.75 Å². The number of methoxy groups -OCH3 is 2. The molecule has 0 heterocycles. The minimum absolute atomic E-state index is 0.175. The Morgan fingerprint density at radius 1 is 1.15 bits per heavy atom. The molecule has 5 nitrogen and oxygen atoms in total. The van der Waals surface area contributed by atoms with Crippen LogP contribution in [-0.2, 0) is 17.6 Å². The largest absolute Gasteiger partial charge is 0.507 e. The molecule has 0 atom stereocenters. The van der Waals surface area contributed by atoms with E-state index in [0.29, 0.717) is 35.6 Å². The van der Waals surface area contributed by atoms with Gasteiger partial charge in [0.15, 0.2) is 11.5 Å². The number of amides is 1. The van der Waals surface area contributed by atoms with Gasteiger partial charge in [-0.25, -0.2) is 0 Å². The summed E-state index contributed by atoms with van der Waals surface area (Å²) in [6.45, 7) is 7.53. The van der Waals surface area contributed by atoms with Crippen molar-refractivity contribution < 1.29 is 19.4 Å². The monoisotopic (exact) mass is 369 g/mol. The van der Waals surface area contributed by atoms with E-state index in [2.05, 4.69) is 11.9 Å². The fourth-order valence-corrected chi connectivity index (χ4v) is 2.98. The molecule has 0 aromatic heterocycles. The Hall–Kier alpha value is -2.95. The Balaban J connectivity index is 2.34. The second-order valence-electron chi connectivity index (χ2n) is 6.57. The SMILES string of the molecule is C=CC(=O)Nc1ccc(C(C)C)c(O)c1CCc1ccc(OC)c(OC)c1. The summed E-state index contributed by atoms with van der Waals surface area (Å²) in [6, 6.07) is 9.43. The van der Waals surface area contributed by atoms with Crippen molar-refractivity contribution in [1.82, 2.24) is 0 Å². The van der Waals surface area contributed by atoms with Crippen LogP contribution >= 0.6 is 0 Å². The first-order chi connectivity index (χ1) is 12.9. The van der Waals surface area contributed by atoms with E-state index >= 15 is 0 Å². The number of hydrogen-bond donors (Lipinski definition) is 2. The maximum Gasteiger partial charge on any atom is 0.247 e. The Bertz CT molecular complexity index is 827. The summed E-state index contributed by atoms with van der Waals surface area (Å²) >= 11 is 0. The molecule has 2 aromatic rings. The number of carbonyl (C=O) groups excluding carboxylic acids is 1. The molecule has 2 rings (SSSR count). The highest BCUT2D eigenvalue weighted by Gasteiger charge is 2.16. The van der Waals surface area contributed by atoms with E-state index in [-0.39, 0.29) is 17.6 Å². The third-order valence-corrected chi connectivity index (χ3v) is 4.49. The highest BCUT2D eigenvalue weighted by molar-refractivity contribution is 5.99.